The normalized spacial score (nSPS) is 12.5. The number of anilines is 3. The van der Waals surface area contributed by atoms with E-state index in [-0.39, 0.29) is 5.95 Å². The van der Waals surface area contributed by atoms with Gasteiger partial charge < -0.3 is 21.3 Å². The van der Waals surface area contributed by atoms with Crippen LogP contribution in [0.2, 0.25) is 0 Å². The molecule has 6 heteroatoms. The Balaban J connectivity index is 2.60. The van der Waals surface area contributed by atoms with Gasteiger partial charge >= 0.3 is 0 Å². The maximum absolute atomic E-state index is 5.68. The molecule has 4 N–H and O–H groups in total. The fraction of sp³-hybridized carbons (Fsp3) is 0.667. The van der Waals surface area contributed by atoms with Crippen LogP contribution in [-0.2, 0) is 0 Å². The molecule has 0 amide bonds. The number of hydrogen-bond acceptors (Lipinski definition) is 6. The molecule has 0 radical (unpaired) electrons. The Morgan fingerprint density at radius 1 is 1.33 bits per heavy atom. The summed E-state index contributed by atoms with van der Waals surface area (Å²) < 4.78 is 0. The lowest BCUT2D eigenvalue weighted by Crippen LogP contribution is -2.23. The molecule has 1 unspecified atom stereocenters. The van der Waals surface area contributed by atoms with Gasteiger partial charge in [0.2, 0.25) is 5.95 Å². The summed E-state index contributed by atoms with van der Waals surface area (Å²) in [6.07, 6.45) is 1.05. The molecule has 1 rings (SSSR count). The van der Waals surface area contributed by atoms with Crippen LogP contribution in [0.25, 0.3) is 0 Å². The van der Waals surface area contributed by atoms with Crippen molar-refractivity contribution in [3.63, 3.8) is 0 Å². The molecule has 1 aromatic heterocycles. The molecule has 0 spiro atoms. The highest BCUT2D eigenvalue weighted by atomic mass is 15.1. The van der Waals surface area contributed by atoms with Crippen molar-refractivity contribution in [2.75, 3.05) is 43.6 Å². The topological polar surface area (TPSA) is 79.1 Å². The molecule has 0 bridgehead atoms. The standard InChI is InChI=1S/C12H24N6/c1-5-14-10-8-11(17-12(13)16-10)15-9(2)6-7-18(3)4/h8-9H,5-7H2,1-4H3,(H4,13,14,15,16,17). The fourth-order valence-electron chi connectivity index (χ4n) is 1.59. The minimum absolute atomic E-state index is 0.288. The van der Waals surface area contributed by atoms with E-state index in [1.54, 1.807) is 0 Å². The number of nitrogen functional groups attached to an aromatic ring is 1. The molecule has 0 aliphatic heterocycles. The largest absolute Gasteiger partial charge is 0.370 e. The van der Waals surface area contributed by atoms with Crippen LogP contribution in [0.1, 0.15) is 20.3 Å². The van der Waals surface area contributed by atoms with Gasteiger partial charge in [-0.25, -0.2) is 0 Å². The van der Waals surface area contributed by atoms with Gasteiger partial charge in [0.05, 0.1) is 0 Å². The van der Waals surface area contributed by atoms with Crippen molar-refractivity contribution in [2.45, 2.75) is 26.3 Å². The third-order valence-corrected chi connectivity index (χ3v) is 2.50. The SMILES string of the molecule is CCNc1cc(NC(C)CCN(C)C)nc(N)n1. The van der Waals surface area contributed by atoms with E-state index < -0.39 is 0 Å². The van der Waals surface area contributed by atoms with E-state index in [1.807, 2.05) is 13.0 Å². The molecule has 102 valence electrons. The van der Waals surface area contributed by atoms with Crippen molar-refractivity contribution in [3.8, 4) is 0 Å². The molecule has 0 aromatic carbocycles. The lowest BCUT2D eigenvalue weighted by Gasteiger charge is -2.17. The molecule has 0 saturated heterocycles. The van der Waals surface area contributed by atoms with Crippen molar-refractivity contribution < 1.29 is 0 Å². The number of hydrogen-bond donors (Lipinski definition) is 3. The van der Waals surface area contributed by atoms with Crippen LogP contribution >= 0.6 is 0 Å². The highest BCUT2D eigenvalue weighted by Crippen LogP contribution is 2.13. The molecule has 0 aliphatic carbocycles. The first kappa shape index (κ1) is 14.5. The van der Waals surface area contributed by atoms with Crippen LogP contribution < -0.4 is 16.4 Å². The van der Waals surface area contributed by atoms with Gasteiger partial charge in [0.1, 0.15) is 11.6 Å². The first-order valence-electron chi connectivity index (χ1n) is 6.31. The molecule has 1 aromatic rings. The lowest BCUT2D eigenvalue weighted by atomic mass is 10.2. The van der Waals surface area contributed by atoms with Gasteiger partial charge in [-0.05, 0) is 40.9 Å². The number of nitrogens with zero attached hydrogens (tertiary/aromatic N) is 3. The quantitative estimate of drug-likeness (QED) is 0.677. The lowest BCUT2D eigenvalue weighted by molar-refractivity contribution is 0.390. The molecular weight excluding hydrogens is 228 g/mol. The molecule has 1 heterocycles. The van der Waals surface area contributed by atoms with Crippen LogP contribution in [0.15, 0.2) is 6.07 Å². The van der Waals surface area contributed by atoms with Gasteiger partial charge in [0.25, 0.3) is 0 Å². The van der Waals surface area contributed by atoms with Crippen molar-refractivity contribution in [3.05, 3.63) is 6.07 Å². The minimum atomic E-state index is 0.288. The van der Waals surface area contributed by atoms with Gasteiger partial charge in [-0.15, -0.1) is 0 Å². The summed E-state index contributed by atoms with van der Waals surface area (Å²) >= 11 is 0. The van der Waals surface area contributed by atoms with E-state index >= 15 is 0 Å². The third-order valence-electron chi connectivity index (χ3n) is 2.50. The highest BCUT2D eigenvalue weighted by Gasteiger charge is 2.06. The molecule has 0 fully saturated rings. The van der Waals surface area contributed by atoms with E-state index in [4.69, 9.17) is 5.73 Å². The molecule has 0 saturated carbocycles. The minimum Gasteiger partial charge on any atom is -0.370 e. The fourth-order valence-corrected chi connectivity index (χ4v) is 1.59. The Morgan fingerprint density at radius 3 is 2.61 bits per heavy atom. The van der Waals surface area contributed by atoms with Gasteiger partial charge in [-0.2, -0.15) is 9.97 Å². The summed E-state index contributed by atoms with van der Waals surface area (Å²) in [5, 5.41) is 6.47. The number of nitrogens with one attached hydrogen (secondary N) is 2. The van der Waals surface area contributed by atoms with E-state index in [1.165, 1.54) is 0 Å². The van der Waals surface area contributed by atoms with Crippen LogP contribution in [0.3, 0.4) is 0 Å². The predicted octanol–water partition coefficient (Wildman–Crippen LogP) is 1.24. The summed E-state index contributed by atoms with van der Waals surface area (Å²) in [5.41, 5.74) is 5.68. The Bertz CT molecular complexity index is 366. The summed E-state index contributed by atoms with van der Waals surface area (Å²) in [5.74, 6) is 1.81. The summed E-state index contributed by atoms with van der Waals surface area (Å²) in [6, 6.07) is 2.22. The Morgan fingerprint density at radius 2 is 2.00 bits per heavy atom. The van der Waals surface area contributed by atoms with E-state index in [0.717, 1.165) is 31.1 Å². The second kappa shape index (κ2) is 7.00. The van der Waals surface area contributed by atoms with E-state index in [2.05, 4.69) is 46.5 Å². The molecule has 18 heavy (non-hydrogen) atoms. The maximum Gasteiger partial charge on any atom is 0.223 e. The average Bonchev–Trinajstić information content (AvgIpc) is 2.26. The van der Waals surface area contributed by atoms with Gasteiger partial charge in [0.15, 0.2) is 0 Å². The number of aromatic nitrogens is 2. The number of nitrogens with two attached hydrogens (primary N) is 1. The van der Waals surface area contributed by atoms with Crippen molar-refractivity contribution >= 4 is 17.6 Å². The van der Waals surface area contributed by atoms with Crippen molar-refractivity contribution in [1.29, 1.82) is 0 Å². The molecule has 6 nitrogen and oxygen atoms in total. The zero-order valence-electron chi connectivity index (χ0n) is 11.7. The van der Waals surface area contributed by atoms with Crippen LogP contribution in [0, 0.1) is 0 Å². The monoisotopic (exact) mass is 252 g/mol. The second-order valence-corrected chi connectivity index (χ2v) is 4.66. The molecule has 1 atom stereocenters. The predicted molar refractivity (Wildman–Crippen MR) is 76.9 cm³/mol. The highest BCUT2D eigenvalue weighted by molar-refractivity contribution is 5.51. The summed E-state index contributed by atoms with van der Waals surface area (Å²) in [7, 11) is 4.14. The van der Waals surface area contributed by atoms with Crippen LogP contribution in [0.5, 0.6) is 0 Å². The zero-order chi connectivity index (χ0) is 13.5. The Kier molecular flexibility index (Phi) is 5.64. The second-order valence-electron chi connectivity index (χ2n) is 4.66. The zero-order valence-corrected chi connectivity index (χ0v) is 11.7. The number of rotatable bonds is 7. The molecule has 0 aliphatic rings. The first-order chi connectivity index (χ1) is 8.51. The maximum atomic E-state index is 5.68. The van der Waals surface area contributed by atoms with Crippen molar-refractivity contribution in [2.24, 2.45) is 0 Å². The Hall–Kier alpha value is -1.56. The first-order valence-corrected chi connectivity index (χ1v) is 6.31. The molecular formula is C12H24N6. The van der Waals surface area contributed by atoms with Gasteiger partial charge in [-0.1, -0.05) is 0 Å². The van der Waals surface area contributed by atoms with Gasteiger partial charge in [-0.3, -0.25) is 0 Å². The van der Waals surface area contributed by atoms with Gasteiger partial charge in [0, 0.05) is 18.7 Å². The van der Waals surface area contributed by atoms with E-state index in [9.17, 15) is 0 Å². The summed E-state index contributed by atoms with van der Waals surface area (Å²) in [4.78, 5) is 10.5. The van der Waals surface area contributed by atoms with Crippen LogP contribution in [-0.4, -0.2) is 48.1 Å². The Labute approximate surface area is 109 Å². The van der Waals surface area contributed by atoms with Crippen molar-refractivity contribution in [1.82, 2.24) is 14.9 Å². The average molecular weight is 252 g/mol. The van der Waals surface area contributed by atoms with Crippen LogP contribution in [0.4, 0.5) is 17.6 Å². The smallest absolute Gasteiger partial charge is 0.223 e. The summed E-state index contributed by atoms with van der Waals surface area (Å²) in [6.45, 7) is 6.00. The third kappa shape index (κ3) is 5.18. The van der Waals surface area contributed by atoms with E-state index in [0.29, 0.717) is 6.04 Å².